The summed E-state index contributed by atoms with van der Waals surface area (Å²) in [5.41, 5.74) is 0. The standard InChI is InChI=1S/C19H28N6O8S2/c26-14-12(9-30-18-16(20-34-22-18)24-1-5-28-6-2-24)32-11-33-13(15(14)27)10-31-19-17(21-35-23-19)25-3-7-29-8-4-25/h12-15,26-27H,1-11H2/t12-,13+,14+,15-. The second-order valence-corrected chi connectivity index (χ2v) is 9.17. The maximum atomic E-state index is 10.8. The van der Waals surface area contributed by atoms with Crippen LogP contribution in [0, 0.1) is 0 Å². The first-order valence-corrected chi connectivity index (χ1v) is 12.8. The van der Waals surface area contributed by atoms with Crippen molar-refractivity contribution in [2.75, 3.05) is 82.4 Å². The molecule has 3 saturated heterocycles. The number of aromatic nitrogens is 4. The number of hydrogen-bond donors (Lipinski definition) is 2. The molecule has 0 spiro atoms. The fourth-order valence-corrected chi connectivity index (χ4v) is 4.98. The van der Waals surface area contributed by atoms with Crippen molar-refractivity contribution in [1.82, 2.24) is 17.5 Å². The first-order valence-electron chi connectivity index (χ1n) is 11.4. The van der Waals surface area contributed by atoms with Crippen molar-refractivity contribution in [3.05, 3.63) is 0 Å². The molecule has 0 aliphatic carbocycles. The van der Waals surface area contributed by atoms with E-state index < -0.39 is 24.4 Å². The number of nitrogens with zero attached hydrogens (tertiary/aromatic N) is 6. The molecule has 0 bridgehead atoms. The number of aliphatic hydroxyl groups excluding tert-OH is 2. The van der Waals surface area contributed by atoms with E-state index in [1.807, 2.05) is 9.80 Å². The van der Waals surface area contributed by atoms with Gasteiger partial charge in [0.1, 0.15) is 44.4 Å². The van der Waals surface area contributed by atoms with E-state index in [4.69, 9.17) is 28.4 Å². The summed E-state index contributed by atoms with van der Waals surface area (Å²) in [4.78, 5) is 4.08. The van der Waals surface area contributed by atoms with Gasteiger partial charge in [-0.3, -0.25) is 0 Å². The minimum Gasteiger partial charge on any atom is -0.472 e. The van der Waals surface area contributed by atoms with E-state index in [0.29, 0.717) is 76.0 Å². The topological polar surface area (TPSA) is 154 Å². The zero-order valence-corrected chi connectivity index (χ0v) is 20.6. The van der Waals surface area contributed by atoms with Crippen molar-refractivity contribution in [2.24, 2.45) is 0 Å². The lowest BCUT2D eigenvalue weighted by Gasteiger charge is -2.28. The molecule has 194 valence electrons. The van der Waals surface area contributed by atoms with E-state index in [-0.39, 0.29) is 20.0 Å². The third kappa shape index (κ3) is 5.91. The third-order valence-corrected chi connectivity index (χ3v) is 6.95. The van der Waals surface area contributed by atoms with Crippen molar-refractivity contribution >= 4 is 35.1 Å². The van der Waals surface area contributed by atoms with Crippen molar-refractivity contribution in [2.45, 2.75) is 24.4 Å². The number of aliphatic hydroxyl groups is 2. The third-order valence-electron chi connectivity index (χ3n) is 5.95. The highest BCUT2D eigenvalue weighted by molar-refractivity contribution is 6.99. The number of hydrogen-bond acceptors (Lipinski definition) is 16. The summed E-state index contributed by atoms with van der Waals surface area (Å²) >= 11 is 2.09. The molecule has 0 radical (unpaired) electrons. The minimum atomic E-state index is -1.27. The fraction of sp³-hybridized carbons (Fsp3) is 0.789. The monoisotopic (exact) mass is 532 g/mol. The summed E-state index contributed by atoms with van der Waals surface area (Å²) in [5, 5.41) is 21.5. The maximum Gasteiger partial charge on any atom is 0.270 e. The van der Waals surface area contributed by atoms with Gasteiger partial charge in [-0.25, -0.2) is 0 Å². The normalized spacial score (nSPS) is 28.1. The van der Waals surface area contributed by atoms with Crippen LogP contribution in [0.25, 0.3) is 0 Å². The lowest BCUT2D eigenvalue weighted by atomic mass is 10.0. The minimum absolute atomic E-state index is 0.0326. The average Bonchev–Trinajstić information content (AvgIpc) is 3.55. The highest BCUT2D eigenvalue weighted by atomic mass is 32.1. The van der Waals surface area contributed by atoms with Crippen LogP contribution in [0.4, 0.5) is 11.6 Å². The van der Waals surface area contributed by atoms with Gasteiger partial charge in [0.2, 0.25) is 11.6 Å². The molecule has 0 saturated carbocycles. The number of rotatable bonds is 8. The molecule has 0 amide bonds. The van der Waals surface area contributed by atoms with E-state index in [0.717, 1.165) is 23.5 Å². The van der Waals surface area contributed by atoms with Gasteiger partial charge < -0.3 is 48.4 Å². The molecule has 2 aromatic heterocycles. The van der Waals surface area contributed by atoms with Gasteiger partial charge in [-0.1, -0.05) is 0 Å². The van der Waals surface area contributed by atoms with Gasteiger partial charge in [0.05, 0.1) is 49.9 Å². The lowest BCUT2D eigenvalue weighted by molar-refractivity contribution is -0.119. The molecule has 35 heavy (non-hydrogen) atoms. The Hall–Kier alpha value is -1.92. The largest absolute Gasteiger partial charge is 0.472 e. The molecule has 16 heteroatoms. The highest BCUT2D eigenvalue weighted by Crippen LogP contribution is 2.29. The van der Waals surface area contributed by atoms with Crippen LogP contribution in [0.3, 0.4) is 0 Å². The van der Waals surface area contributed by atoms with E-state index in [1.54, 1.807) is 0 Å². The van der Waals surface area contributed by atoms with Crippen LogP contribution in [0.2, 0.25) is 0 Å². The molecule has 0 aromatic carbocycles. The van der Waals surface area contributed by atoms with Crippen molar-refractivity contribution < 1.29 is 38.6 Å². The Bertz CT molecular complexity index is 853. The number of morpholine rings is 2. The number of ether oxygens (including phenoxy) is 6. The molecule has 14 nitrogen and oxygen atoms in total. The van der Waals surface area contributed by atoms with Crippen LogP contribution in [0.5, 0.6) is 11.8 Å². The molecule has 4 atom stereocenters. The Labute approximate surface area is 209 Å². The molecule has 0 unspecified atom stereocenters. The second kappa shape index (κ2) is 11.9. The molecule has 5 rings (SSSR count). The first-order chi connectivity index (χ1) is 17.2. The summed E-state index contributed by atoms with van der Waals surface area (Å²) in [6.45, 7) is 5.01. The lowest BCUT2D eigenvalue weighted by Crippen LogP contribution is -2.47. The first kappa shape index (κ1) is 24.8. The van der Waals surface area contributed by atoms with Gasteiger partial charge in [0.15, 0.2) is 0 Å². The maximum absolute atomic E-state index is 10.8. The summed E-state index contributed by atoms with van der Waals surface area (Å²) in [5.74, 6) is 1.99. The smallest absolute Gasteiger partial charge is 0.270 e. The highest BCUT2D eigenvalue weighted by Gasteiger charge is 2.38. The van der Waals surface area contributed by atoms with Crippen LogP contribution in [0.1, 0.15) is 0 Å². The summed E-state index contributed by atoms with van der Waals surface area (Å²) in [6, 6.07) is 0. The SMILES string of the molecule is O[C@@H]1[C@H](O)[C@H](COc2nsnc2N2CCOCC2)OCO[C@@H]1COc1nsnc1N1CCOCC1. The predicted octanol–water partition coefficient (Wildman–Crippen LogP) is -1.02. The fourth-order valence-electron chi connectivity index (χ4n) is 3.94. The van der Waals surface area contributed by atoms with Gasteiger partial charge in [-0.15, -0.1) is 8.75 Å². The van der Waals surface area contributed by atoms with Crippen molar-refractivity contribution in [3.8, 4) is 11.8 Å². The molecular weight excluding hydrogens is 504 g/mol. The van der Waals surface area contributed by atoms with E-state index in [9.17, 15) is 10.2 Å². The summed E-state index contributed by atoms with van der Waals surface area (Å²) < 4.78 is 50.7. The van der Waals surface area contributed by atoms with E-state index >= 15 is 0 Å². The van der Waals surface area contributed by atoms with Crippen molar-refractivity contribution in [1.29, 1.82) is 0 Å². The number of anilines is 2. The molecular formula is C19H28N6O8S2. The molecule has 5 heterocycles. The van der Waals surface area contributed by atoms with Crippen LogP contribution < -0.4 is 19.3 Å². The quantitative estimate of drug-likeness (QED) is 0.426. The summed E-state index contributed by atoms with van der Waals surface area (Å²) in [6.07, 6.45) is -4.20. The van der Waals surface area contributed by atoms with Crippen LogP contribution in [-0.2, 0) is 18.9 Å². The van der Waals surface area contributed by atoms with Crippen LogP contribution in [-0.4, -0.2) is 125 Å². The van der Waals surface area contributed by atoms with Gasteiger partial charge in [-0.2, -0.15) is 8.75 Å². The van der Waals surface area contributed by atoms with Gasteiger partial charge in [0, 0.05) is 26.2 Å². The average molecular weight is 533 g/mol. The Balaban J connectivity index is 1.15. The van der Waals surface area contributed by atoms with Crippen LogP contribution in [0.15, 0.2) is 0 Å². The zero-order valence-electron chi connectivity index (χ0n) is 18.9. The molecule has 3 fully saturated rings. The predicted molar refractivity (Wildman–Crippen MR) is 123 cm³/mol. The molecule has 2 aromatic rings. The van der Waals surface area contributed by atoms with Gasteiger partial charge >= 0.3 is 0 Å². The van der Waals surface area contributed by atoms with Gasteiger partial charge in [-0.05, 0) is 0 Å². The Kier molecular flexibility index (Phi) is 8.40. The Morgan fingerprint density at radius 2 is 1.14 bits per heavy atom. The molecule has 3 aliphatic heterocycles. The Morgan fingerprint density at radius 3 is 1.57 bits per heavy atom. The van der Waals surface area contributed by atoms with Gasteiger partial charge in [0.25, 0.3) is 11.8 Å². The summed E-state index contributed by atoms with van der Waals surface area (Å²) in [7, 11) is 0. The molecule has 2 N–H and O–H groups in total. The Morgan fingerprint density at radius 1 is 0.714 bits per heavy atom. The van der Waals surface area contributed by atoms with E-state index in [1.165, 1.54) is 0 Å². The van der Waals surface area contributed by atoms with Crippen molar-refractivity contribution in [3.63, 3.8) is 0 Å². The zero-order chi connectivity index (χ0) is 24.0. The van der Waals surface area contributed by atoms with Crippen LogP contribution >= 0.6 is 23.5 Å². The molecule has 3 aliphatic rings. The van der Waals surface area contributed by atoms with E-state index in [2.05, 4.69) is 17.5 Å². The second-order valence-electron chi connectivity index (χ2n) is 8.12.